The average Bonchev–Trinajstić information content (AvgIpc) is 2.46. The van der Waals surface area contributed by atoms with Crippen LogP contribution < -0.4 is 10.1 Å². The van der Waals surface area contributed by atoms with E-state index in [-0.39, 0.29) is 12.6 Å². The summed E-state index contributed by atoms with van der Waals surface area (Å²) in [5, 5.41) is 13.2. The second-order valence-electron chi connectivity index (χ2n) is 4.98. The zero-order valence-corrected chi connectivity index (χ0v) is 11.1. The van der Waals surface area contributed by atoms with Crippen LogP contribution in [-0.4, -0.2) is 24.9 Å². The molecule has 0 heterocycles. The number of rotatable bonds is 5. The summed E-state index contributed by atoms with van der Waals surface area (Å²) >= 11 is 0. The highest BCUT2D eigenvalue weighted by Crippen LogP contribution is 2.27. The van der Waals surface area contributed by atoms with Crippen LogP contribution in [0.2, 0.25) is 0 Å². The van der Waals surface area contributed by atoms with Crippen LogP contribution in [0.3, 0.4) is 0 Å². The summed E-state index contributed by atoms with van der Waals surface area (Å²) < 4.78 is 5.37. The monoisotopic (exact) mass is 249 g/mol. The largest absolute Gasteiger partial charge is 0.496 e. The molecular weight excluding hydrogens is 226 g/mol. The van der Waals surface area contributed by atoms with Gasteiger partial charge in [-0.2, -0.15) is 0 Å². The van der Waals surface area contributed by atoms with E-state index in [9.17, 15) is 5.11 Å². The highest BCUT2D eigenvalue weighted by molar-refractivity contribution is 5.36. The Morgan fingerprint density at radius 3 is 2.67 bits per heavy atom. The van der Waals surface area contributed by atoms with Gasteiger partial charge in [-0.3, -0.25) is 0 Å². The zero-order valence-electron chi connectivity index (χ0n) is 11.1. The minimum absolute atomic E-state index is 0.0238. The molecule has 1 aromatic carbocycles. The number of aliphatic hydroxyl groups excluding tert-OH is 1. The van der Waals surface area contributed by atoms with Gasteiger partial charge in [0.25, 0.3) is 0 Å². The molecule has 1 fully saturated rings. The lowest BCUT2D eigenvalue weighted by atomic mass is 9.94. The Morgan fingerprint density at radius 1 is 1.28 bits per heavy atom. The van der Waals surface area contributed by atoms with E-state index in [2.05, 4.69) is 5.32 Å². The average molecular weight is 249 g/mol. The lowest BCUT2D eigenvalue weighted by Crippen LogP contribution is -2.36. The van der Waals surface area contributed by atoms with Crippen molar-refractivity contribution in [2.45, 2.75) is 44.2 Å². The second kappa shape index (κ2) is 6.76. The molecule has 1 unspecified atom stereocenters. The normalized spacial score (nSPS) is 18.6. The number of methoxy groups -OCH3 is 1. The van der Waals surface area contributed by atoms with E-state index in [1.807, 2.05) is 24.3 Å². The van der Waals surface area contributed by atoms with Crippen molar-refractivity contribution in [3.05, 3.63) is 29.8 Å². The van der Waals surface area contributed by atoms with Gasteiger partial charge in [0.2, 0.25) is 0 Å². The van der Waals surface area contributed by atoms with Crippen LogP contribution in [0.15, 0.2) is 24.3 Å². The fourth-order valence-electron chi connectivity index (χ4n) is 2.75. The molecule has 0 spiro atoms. The van der Waals surface area contributed by atoms with Gasteiger partial charge in [-0.25, -0.2) is 0 Å². The Hall–Kier alpha value is -1.06. The number of nitrogens with one attached hydrogen (secondary N) is 1. The van der Waals surface area contributed by atoms with Crippen LogP contribution >= 0.6 is 0 Å². The Labute approximate surface area is 109 Å². The first-order chi connectivity index (χ1) is 8.85. The van der Waals surface area contributed by atoms with Crippen molar-refractivity contribution in [3.63, 3.8) is 0 Å². The Kier molecular flexibility index (Phi) is 5.02. The highest BCUT2D eigenvalue weighted by atomic mass is 16.5. The van der Waals surface area contributed by atoms with Crippen molar-refractivity contribution in [2.75, 3.05) is 13.7 Å². The maximum atomic E-state index is 9.61. The van der Waals surface area contributed by atoms with Crippen LogP contribution in [0.1, 0.15) is 43.7 Å². The van der Waals surface area contributed by atoms with E-state index < -0.39 is 0 Å². The van der Waals surface area contributed by atoms with Crippen LogP contribution in [-0.2, 0) is 0 Å². The maximum absolute atomic E-state index is 9.61. The molecular formula is C15H23NO2. The van der Waals surface area contributed by atoms with Crippen LogP contribution in [0.4, 0.5) is 0 Å². The van der Waals surface area contributed by atoms with E-state index in [4.69, 9.17) is 4.74 Å². The van der Waals surface area contributed by atoms with Gasteiger partial charge in [0, 0.05) is 11.6 Å². The van der Waals surface area contributed by atoms with E-state index in [1.54, 1.807) is 7.11 Å². The number of benzene rings is 1. The van der Waals surface area contributed by atoms with E-state index in [0.717, 1.165) is 11.3 Å². The van der Waals surface area contributed by atoms with E-state index in [0.29, 0.717) is 6.04 Å². The van der Waals surface area contributed by atoms with Crippen molar-refractivity contribution in [1.29, 1.82) is 0 Å². The van der Waals surface area contributed by atoms with Crippen molar-refractivity contribution in [1.82, 2.24) is 5.32 Å². The van der Waals surface area contributed by atoms with Crippen LogP contribution in [0.5, 0.6) is 5.75 Å². The number of hydrogen-bond donors (Lipinski definition) is 2. The van der Waals surface area contributed by atoms with Gasteiger partial charge in [0.1, 0.15) is 5.75 Å². The predicted molar refractivity (Wildman–Crippen MR) is 72.8 cm³/mol. The standard InChI is InChI=1S/C15H23NO2/c1-18-15-10-6-5-9-13(15)14(11-17)16-12-7-3-2-4-8-12/h5-6,9-10,12,14,16-17H,2-4,7-8,11H2,1H3. The molecule has 100 valence electrons. The molecule has 3 heteroatoms. The van der Waals surface area contributed by atoms with Gasteiger partial charge in [0.15, 0.2) is 0 Å². The number of ether oxygens (including phenoxy) is 1. The fraction of sp³-hybridized carbons (Fsp3) is 0.600. The smallest absolute Gasteiger partial charge is 0.123 e. The SMILES string of the molecule is COc1ccccc1C(CO)NC1CCCCC1. The van der Waals surface area contributed by atoms with Crippen molar-refractivity contribution in [2.24, 2.45) is 0 Å². The summed E-state index contributed by atoms with van der Waals surface area (Å²) in [5.74, 6) is 0.847. The summed E-state index contributed by atoms with van der Waals surface area (Å²) in [6, 6.07) is 8.42. The molecule has 18 heavy (non-hydrogen) atoms. The molecule has 0 saturated heterocycles. The van der Waals surface area contributed by atoms with Gasteiger partial charge in [-0.05, 0) is 18.9 Å². The molecule has 0 radical (unpaired) electrons. The van der Waals surface area contributed by atoms with E-state index >= 15 is 0 Å². The summed E-state index contributed by atoms with van der Waals surface area (Å²) in [6.07, 6.45) is 6.36. The third-order valence-electron chi connectivity index (χ3n) is 3.74. The Bertz CT molecular complexity index is 361. The molecule has 2 rings (SSSR count). The first-order valence-corrected chi connectivity index (χ1v) is 6.85. The lowest BCUT2D eigenvalue weighted by Gasteiger charge is -2.28. The molecule has 1 aliphatic rings. The third kappa shape index (κ3) is 3.24. The fourth-order valence-corrected chi connectivity index (χ4v) is 2.75. The molecule has 2 N–H and O–H groups in total. The number of aliphatic hydroxyl groups is 1. The highest BCUT2D eigenvalue weighted by Gasteiger charge is 2.20. The van der Waals surface area contributed by atoms with Crippen LogP contribution in [0, 0.1) is 0 Å². The second-order valence-corrected chi connectivity index (χ2v) is 4.98. The zero-order chi connectivity index (χ0) is 12.8. The molecule has 0 amide bonds. The molecule has 1 atom stereocenters. The third-order valence-corrected chi connectivity index (χ3v) is 3.74. The van der Waals surface area contributed by atoms with Gasteiger partial charge in [-0.15, -0.1) is 0 Å². The Balaban J connectivity index is 2.07. The van der Waals surface area contributed by atoms with Crippen molar-refractivity contribution >= 4 is 0 Å². The molecule has 0 aromatic heterocycles. The molecule has 1 aliphatic carbocycles. The van der Waals surface area contributed by atoms with Gasteiger partial charge >= 0.3 is 0 Å². The topological polar surface area (TPSA) is 41.5 Å². The molecule has 1 saturated carbocycles. The first kappa shape index (κ1) is 13.4. The molecule has 1 aromatic rings. The Morgan fingerprint density at radius 2 is 2.00 bits per heavy atom. The summed E-state index contributed by atoms with van der Waals surface area (Å²) in [6.45, 7) is 0.108. The van der Waals surface area contributed by atoms with Gasteiger partial charge < -0.3 is 15.2 Å². The van der Waals surface area contributed by atoms with Crippen LogP contribution in [0.25, 0.3) is 0 Å². The molecule has 0 bridgehead atoms. The summed E-state index contributed by atoms with van der Waals surface area (Å²) in [4.78, 5) is 0. The minimum Gasteiger partial charge on any atom is -0.496 e. The number of hydrogen-bond acceptors (Lipinski definition) is 3. The van der Waals surface area contributed by atoms with Crippen molar-refractivity contribution in [3.8, 4) is 5.75 Å². The molecule has 0 aliphatic heterocycles. The number of para-hydroxylation sites is 1. The quantitative estimate of drug-likeness (QED) is 0.843. The summed E-state index contributed by atoms with van der Waals surface area (Å²) in [5.41, 5.74) is 1.05. The van der Waals surface area contributed by atoms with Gasteiger partial charge in [0.05, 0.1) is 19.8 Å². The minimum atomic E-state index is -0.0238. The summed E-state index contributed by atoms with van der Waals surface area (Å²) in [7, 11) is 1.67. The molecule has 3 nitrogen and oxygen atoms in total. The van der Waals surface area contributed by atoms with E-state index in [1.165, 1.54) is 32.1 Å². The lowest BCUT2D eigenvalue weighted by molar-refractivity contribution is 0.217. The maximum Gasteiger partial charge on any atom is 0.123 e. The van der Waals surface area contributed by atoms with Crippen molar-refractivity contribution < 1.29 is 9.84 Å². The first-order valence-electron chi connectivity index (χ1n) is 6.85. The predicted octanol–water partition coefficient (Wildman–Crippen LogP) is 2.65. The van der Waals surface area contributed by atoms with Gasteiger partial charge in [-0.1, -0.05) is 37.5 Å².